The predicted octanol–water partition coefficient (Wildman–Crippen LogP) is 0.926. The van der Waals surface area contributed by atoms with Crippen LogP contribution in [0.1, 0.15) is 51.3 Å². The van der Waals surface area contributed by atoms with Crippen molar-refractivity contribution in [3.63, 3.8) is 0 Å². The highest BCUT2D eigenvalue weighted by Gasteiger charge is 2.26. The molecule has 148 valence electrons. The van der Waals surface area contributed by atoms with E-state index in [0.717, 1.165) is 18.1 Å². The van der Waals surface area contributed by atoms with Crippen molar-refractivity contribution in [3.8, 4) is 11.8 Å². The second-order valence-electron chi connectivity index (χ2n) is 7.04. The van der Waals surface area contributed by atoms with Crippen LogP contribution in [0.3, 0.4) is 0 Å². The highest BCUT2D eigenvalue weighted by Crippen LogP contribution is 2.22. The molecule has 2 heterocycles. The molecule has 2 amide bonds. The Labute approximate surface area is 160 Å². The van der Waals surface area contributed by atoms with Crippen LogP contribution >= 0.6 is 0 Å². The third kappa shape index (κ3) is 5.79. The molecule has 0 aromatic carbocycles. The summed E-state index contributed by atoms with van der Waals surface area (Å²) in [5.41, 5.74) is 0. The minimum atomic E-state index is -0.215. The van der Waals surface area contributed by atoms with Gasteiger partial charge in [0.25, 0.3) is 5.91 Å². The molecule has 0 saturated carbocycles. The largest absolute Gasteiger partial charge is 0.384 e. The summed E-state index contributed by atoms with van der Waals surface area (Å²) < 4.78 is 7.02. The third-order valence-corrected chi connectivity index (χ3v) is 4.46. The average molecular weight is 375 g/mol. The van der Waals surface area contributed by atoms with Crippen molar-refractivity contribution in [2.24, 2.45) is 5.92 Å². The third-order valence-electron chi connectivity index (χ3n) is 4.46. The second-order valence-corrected chi connectivity index (χ2v) is 7.04. The summed E-state index contributed by atoms with van der Waals surface area (Å²) in [5.74, 6) is 6.99. The predicted molar refractivity (Wildman–Crippen MR) is 101 cm³/mol. The van der Waals surface area contributed by atoms with Crippen LogP contribution in [0, 0.1) is 17.8 Å². The molecule has 1 N–H and O–H groups in total. The molecule has 8 nitrogen and oxygen atoms in total. The number of nitrogens with one attached hydrogen (secondary N) is 1. The fourth-order valence-electron chi connectivity index (χ4n) is 3.15. The smallest absolute Gasteiger partial charge is 0.298 e. The first-order chi connectivity index (χ1) is 13.0. The molecule has 1 aliphatic heterocycles. The molecule has 1 aromatic rings. The molecular formula is C19H29N5O3. The topological polar surface area (TPSA) is 89.3 Å². The van der Waals surface area contributed by atoms with Crippen LogP contribution in [-0.4, -0.2) is 58.3 Å². The lowest BCUT2D eigenvalue weighted by Crippen LogP contribution is -2.34. The Hall–Kier alpha value is -2.40. The maximum Gasteiger partial charge on any atom is 0.298 e. The summed E-state index contributed by atoms with van der Waals surface area (Å²) in [6.45, 7) is 7.98. The van der Waals surface area contributed by atoms with Crippen molar-refractivity contribution in [2.45, 2.75) is 52.6 Å². The maximum atomic E-state index is 12.2. The normalized spacial score (nSPS) is 14.8. The van der Waals surface area contributed by atoms with Crippen molar-refractivity contribution < 1.29 is 14.3 Å². The number of carbonyl (C=O) groups is 2. The first-order valence-electron chi connectivity index (χ1n) is 9.38. The van der Waals surface area contributed by atoms with E-state index in [1.807, 2.05) is 4.57 Å². The molecule has 0 radical (unpaired) electrons. The summed E-state index contributed by atoms with van der Waals surface area (Å²) in [5, 5.41) is 11.8. The number of aromatic nitrogens is 3. The lowest BCUT2D eigenvalue weighted by molar-refractivity contribution is -0.125. The summed E-state index contributed by atoms with van der Waals surface area (Å²) in [6, 6.07) is -0.215. The summed E-state index contributed by atoms with van der Waals surface area (Å²) in [4.78, 5) is 26.0. The standard InChI is InChI=1S/C19H29N5O3/c1-5-6-18(26)23-9-7-16-21-22-19(24(16)11-10-23)15(13-14(2)3)20-17(25)8-12-27-4/h14-15H,7-13H2,1-4H3,(H,20,25). The number of rotatable bonds is 7. The molecule has 8 heteroatoms. The van der Waals surface area contributed by atoms with E-state index in [1.165, 1.54) is 0 Å². The van der Waals surface area contributed by atoms with E-state index < -0.39 is 0 Å². The van der Waals surface area contributed by atoms with Gasteiger partial charge in [-0.05, 0) is 25.2 Å². The molecule has 1 aliphatic rings. The van der Waals surface area contributed by atoms with Gasteiger partial charge in [-0.3, -0.25) is 9.59 Å². The van der Waals surface area contributed by atoms with E-state index in [2.05, 4.69) is 41.2 Å². The van der Waals surface area contributed by atoms with Gasteiger partial charge < -0.3 is 19.5 Å². The number of methoxy groups -OCH3 is 1. The van der Waals surface area contributed by atoms with Gasteiger partial charge in [-0.25, -0.2) is 0 Å². The fourth-order valence-corrected chi connectivity index (χ4v) is 3.15. The van der Waals surface area contributed by atoms with Crippen molar-refractivity contribution in [1.82, 2.24) is 25.0 Å². The van der Waals surface area contributed by atoms with Crippen LogP contribution in [0.2, 0.25) is 0 Å². The van der Waals surface area contributed by atoms with Crippen LogP contribution in [0.15, 0.2) is 0 Å². The van der Waals surface area contributed by atoms with Gasteiger partial charge in [0.1, 0.15) is 5.82 Å². The van der Waals surface area contributed by atoms with E-state index in [4.69, 9.17) is 4.74 Å². The maximum absolute atomic E-state index is 12.2. The van der Waals surface area contributed by atoms with Gasteiger partial charge in [0, 0.05) is 39.6 Å². The molecule has 1 unspecified atom stereocenters. The van der Waals surface area contributed by atoms with Gasteiger partial charge in [0.05, 0.1) is 12.6 Å². The highest BCUT2D eigenvalue weighted by atomic mass is 16.5. The van der Waals surface area contributed by atoms with Gasteiger partial charge in [-0.15, -0.1) is 10.2 Å². The Balaban J connectivity index is 2.17. The zero-order valence-corrected chi connectivity index (χ0v) is 16.6. The summed E-state index contributed by atoms with van der Waals surface area (Å²) >= 11 is 0. The van der Waals surface area contributed by atoms with Crippen LogP contribution in [0.5, 0.6) is 0 Å². The Morgan fingerprint density at radius 3 is 2.70 bits per heavy atom. The van der Waals surface area contributed by atoms with Crippen LogP contribution in [0.25, 0.3) is 0 Å². The Morgan fingerprint density at radius 2 is 2.04 bits per heavy atom. The monoisotopic (exact) mass is 375 g/mol. The van der Waals surface area contributed by atoms with Gasteiger partial charge in [-0.1, -0.05) is 19.8 Å². The quantitative estimate of drug-likeness (QED) is 0.716. The zero-order valence-electron chi connectivity index (χ0n) is 16.6. The molecule has 27 heavy (non-hydrogen) atoms. The van der Waals surface area contributed by atoms with Crippen molar-refractivity contribution in [2.75, 3.05) is 26.8 Å². The number of fused-ring (bicyclic) bond motifs is 1. The number of carbonyl (C=O) groups excluding carboxylic acids is 2. The summed E-state index contributed by atoms with van der Waals surface area (Å²) in [6.07, 6.45) is 1.70. The zero-order chi connectivity index (χ0) is 19.8. The molecule has 0 aliphatic carbocycles. The van der Waals surface area contributed by atoms with E-state index in [0.29, 0.717) is 45.0 Å². The lowest BCUT2D eigenvalue weighted by Gasteiger charge is -2.21. The number of hydrogen-bond donors (Lipinski definition) is 1. The molecule has 0 saturated heterocycles. The van der Waals surface area contributed by atoms with Crippen LogP contribution < -0.4 is 5.32 Å². The van der Waals surface area contributed by atoms with Crippen LogP contribution in [0.4, 0.5) is 0 Å². The first kappa shape index (κ1) is 20.9. The molecular weight excluding hydrogens is 346 g/mol. The molecule has 0 bridgehead atoms. The van der Waals surface area contributed by atoms with Crippen molar-refractivity contribution in [1.29, 1.82) is 0 Å². The second kappa shape index (κ2) is 10.1. The fraction of sp³-hybridized carbons (Fsp3) is 0.684. The molecule has 0 fully saturated rings. The Kier molecular flexibility index (Phi) is 7.80. The van der Waals surface area contributed by atoms with E-state index >= 15 is 0 Å². The van der Waals surface area contributed by atoms with Gasteiger partial charge in [0.2, 0.25) is 5.91 Å². The van der Waals surface area contributed by atoms with Gasteiger partial charge in [-0.2, -0.15) is 0 Å². The number of nitrogens with zero attached hydrogens (tertiary/aromatic N) is 4. The average Bonchev–Trinajstić information content (AvgIpc) is 2.90. The van der Waals surface area contributed by atoms with E-state index in [-0.39, 0.29) is 17.9 Å². The van der Waals surface area contributed by atoms with Gasteiger partial charge in [0.15, 0.2) is 5.82 Å². The minimum Gasteiger partial charge on any atom is -0.384 e. The highest BCUT2D eigenvalue weighted by molar-refractivity contribution is 5.93. The molecule has 1 aromatic heterocycles. The molecule has 0 spiro atoms. The minimum absolute atomic E-state index is 0.0662. The Bertz CT molecular complexity index is 717. The van der Waals surface area contributed by atoms with Crippen molar-refractivity contribution in [3.05, 3.63) is 11.6 Å². The Morgan fingerprint density at radius 1 is 1.26 bits per heavy atom. The first-order valence-corrected chi connectivity index (χ1v) is 9.38. The molecule has 1 atom stereocenters. The number of ether oxygens (including phenoxy) is 1. The number of amides is 2. The lowest BCUT2D eigenvalue weighted by atomic mass is 10.0. The van der Waals surface area contributed by atoms with E-state index in [1.54, 1.807) is 18.9 Å². The van der Waals surface area contributed by atoms with Gasteiger partial charge >= 0.3 is 0 Å². The molecule has 2 rings (SSSR count). The van der Waals surface area contributed by atoms with Crippen molar-refractivity contribution >= 4 is 11.8 Å². The SMILES string of the molecule is CC#CC(=O)N1CCc2nnc(C(CC(C)C)NC(=O)CCOC)n2CC1. The number of hydrogen-bond acceptors (Lipinski definition) is 5. The van der Waals surface area contributed by atoms with E-state index in [9.17, 15) is 9.59 Å². The van der Waals surface area contributed by atoms with Crippen LogP contribution in [-0.2, 0) is 27.3 Å². The summed E-state index contributed by atoms with van der Waals surface area (Å²) in [7, 11) is 1.58.